The van der Waals surface area contributed by atoms with E-state index in [0.29, 0.717) is 17.2 Å². The highest BCUT2D eigenvalue weighted by Crippen LogP contribution is 2.26. The predicted octanol–water partition coefficient (Wildman–Crippen LogP) is 3.18. The van der Waals surface area contributed by atoms with Crippen molar-refractivity contribution in [3.05, 3.63) is 29.3 Å². The average Bonchev–Trinajstić information content (AvgIpc) is 2.72. The highest BCUT2D eigenvalue weighted by Gasteiger charge is 2.24. The summed E-state index contributed by atoms with van der Waals surface area (Å²) in [6.07, 6.45) is 3.41. The fourth-order valence-corrected chi connectivity index (χ4v) is 3.13. The van der Waals surface area contributed by atoms with E-state index in [1.165, 1.54) is 6.42 Å². The summed E-state index contributed by atoms with van der Waals surface area (Å²) >= 11 is 0. The molecule has 1 saturated heterocycles. The SMILES string of the molecule is Cc1ccc(C(=O)N2CCCC(C(C)C)CC2)c(NN)c1. The molecule has 1 heterocycles. The van der Waals surface area contributed by atoms with Gasteiger partial charge in [-0.2, -0.15) is 0 Å². The molecule has 0 saturated carbocycles. The number of hydrazine groups is 1. The summed E-state index contributed by atoms with van der Waals surface area (Å²) in [5.41, 5.74) is 5.13. The van der Waals surface area contributed by atoms with Gasteiger partial charge in [-0.1, -0.05) is 19.9 Å². The van der Waals surface area contributed by atoms with Crippen molar-refractivity contribution in [2.45, 2.75) is 40.0 Å². The molecule has 21 heavy (non-hydrogen) atoms. The van der Waals surface area contributed by atoms with Crippen LogP contribution in [-0.4, -0.2) is 23.9 Å². The quantitative estimate of drug-likeness (QED) is 0.663. The van der Waals surface area contributed by atoms with Gasteiger partial charge in [0.15, 0.2) is 0 Å². The molecule has 2 rings (SSSR count). The highest BCUT2D eigenvalue weighted by atomic mass is 16.2. The molecule has 0 aliphatic carbocycles. The zero-order valence-corrected chi connectivity index (χ0v) is 13.4. The summed E-state index contributed by atoms with van der Waals surface area (Å²) in [6, 6.07) is 5.75. The third-order valence-electron chi connectivity index (χ3n) is 4.56. The van der Waals surface area contributed by atoms with Gasteiger partial charge in [0, 0.05) is 13.1 Å². The molecule has 0 radical (unpaired) electrons. The molecular formula is C17H27N3O. The molecule has 1 aromatic carbocycles. The summed E-state index contributed by atoms with van der Waals surface area (Å²) in [5.74, 6) is 7.07. The minimum absolute atomic E-state index is 0.0901. The number of nitrogens with zero attached hydrogens (tertiary/aromatic N) is 1. The van der Waals surface area contributed by atoms with Crippen LogP contribution >= 0.6 is 0 Å². The van der Waals surface area contributed by atoms with E-state index < -0.39 is 0 Å². The number of carbonyl (C=O) groups is 1. The Balaban J connectivity index is 2.13. The zero-order valence-electron chi connectivity index (χ0n) is 13.4. The van der Waals surface area contributed by atoms with E-state index in [4.69, 9.17) is 5.84 Å². The lowest BCUT2D eigenvalue weighted by molar-refractivity contribution is 0.0759. The number of anilines is 1. The number of benzene rings is 1. The molecule has 116 valence electrons. The topological polar surface area (TPSA) is 58.4 Å². The molecule has 3 N–H and O–H groups in total. The van der Waals surface area contributed by atoms with E-state index in [1.54, 1.807) is 0 Å². The third kappa shape index (κ3) is 3.76. The number of nitrogens with two attached hydrogens (primary N) is 1. The van der Waals surface area contributed by atoms with Crippen LogP contribution in [0.4, 0.5) is 5.69 Å². The maximum absolute atomic E-state index is 12.8. The van der Waals surface area contributed by atoms with Gasteiger partial charge in [-0.3, -0.25) is 10.6 Å². The number of aryl methyl sites for hydroxylation is 1. The van der Waals surface area contributed by atoms with Gasteiger partial charge >= 0.3 is 0 Å². The lowest BCUT2D eigenvalue weighted by atomic mass is 9.89. The molecule has 0 aromatic heterocycles. The molecule has 1 aliphatic heterocycles. The monoisotopic (exact) mass is 289 g/mol. The first kappa shape index (κ1) is 15.8. The van der Waals surface area contributed by atoms with Crippen molar-refractivity contribution in [3.63, 3.8) is 0 Å². The van der Waals surface area contributed by atoms with Crippen LogP contribution in [0.2, 0.25) is 0 Å². The van der Waals surface area contributed by atoms with Crippen molar-refractivity contribution in [1.82, 2.24) is 4.90 Å². The first-order chi connectivity index (χ1) is 10.0. The molecule has 4 nitrogen and oxygen atoms in total. The largest absolute Gasteiger partial charge is 0.339 e. The van der Waals surface area contributed by atoms with Crippen molar-refractivity contribution in [1.29, 1.82) is 0 Å². The molecule has 1 aliphatic rings. The van der Waals surface area contributed by atoms with Gasteiger partial charge in [-0.05, 0) is 55.7 Å². The first-order valence-corrected chi connectivity index (χ1v) is 7.89. The fraction of sp³-hybridized carbons (Fsp3) is 0.588. The molecule has 4 heteroatoms. The molecule has 1 fully saturated rings. The summed E-state index contributed by atoms with van der Waals surface area (Å²) in [4.78, 5) is 14.7. The van der Waals surface area contributed by atoms with Gasteiger partial charge in [-0.15, -0.1) is 0 Å². The predicted molar refractivity (Wildman–Crippen MR) is 87.1 cm³/mol. The van der Waals surface area contributed by atoms with E-state index in [2.05, 4.69) is 19.3 Å². The first-order valence-electron chi connectivity index (χ1n) is 7.89. The standard InChI is InChI=1S/C17H27N3O/c1-12(2)14-5-4-9-20(10-8-14)17(21)15-7-6-13(3)11-16(15)19-18/h6-7,11-12,14,19H,4-5,8-10,18H2,1-3H3. The van der Waals surface area contributed by atoms with E-state index >= 15 is 0 Å². The Labute approximate surface area is 127 Å². The number of rotatable bonds is 3. The minimum Gasteiger partial charge on any atom is -0.339 e. The number of amides is 1. The molecule has 1 atom stereocenters. The van der Waals surface area contributed by atoms with Crippen molar-refractivity contribution in [2.75, 3.05) is 18.5 Å². The molecule has 0 spiro atoms. The van der Waals surface area contributed by atoms with Crippen LogP contribution in [0.1, 0.15) is 49.0 Å². The van der Waals surface area contributed by atoms with Crippen molar-refractivity contribution >= 4 is 11.6 Å². The van der Waals surface area contributed by atoms with Crippen LogP contribution in [0.3, 0.4) is 0 Å². The van der Waals surface area contributed by atoms with E-state index in [1.807, 2.05) is 30.0 Å². The second kappa shape index (κ2) is 6.94. The lowest BCUT2D eigenvalue weighted by Crippen LogP contribution is -2.33. The van der Waals surface area contributed by atoms with Crippen LogP contribution < -0.4 is 11.3 Å². The van der Waals surface area contributed by atoms with Gasteiger partial charge in [0.25, 0.3) is 5.91 Å². The second-order valence-electron chi connectivity index (χ2n) is 6.42. The van der Waals surface area contributed by atoms with E-state index in [0.717, 1.165) is 37.4 Å². The summed E-state index contributed by atoms with van der Waals surface area (Å²) in [6.45, 7) is 8.24. The number of nitrogens with one attached hydrogen (secondary N) is 1. The Morgan fingerprint density at radius 2 is 2.10 bits per heavy atom. The summed E-state index contributed by atoms with van der Waals surface area (Å²) < 4.78 is 0. The van der Waals surface area contributed by atoms with Gasteiger partial charge in [0.2, 0.25) is 0 Å². The molecule has 0 bridgehead atoms. The average molecular weight is 289 g/mol. The Kier molecular flexibility index (Phi) is 5.23. The fourth-order valence-electron chi connectivity index (χ4n) is 3.13. The third-order valence-corrected chi connectivity index (χ3v) is 4.56. The van der Waals surface area contributed by atoms with Crippen molar-refractivity contribution < 1.29 is 4.79 Å². The van der Waals surface area contributed by atoms with Gasteiger partial charge in [0.1, 0.15) is 0 Å². The second-order valence-corrected chi connectivity index (χ2v) is 6.42. The van der Waals surface area contributed by atoms with Gasteiger partial charge < -0.3 is 10.3 Å². The van der Waals surface area contributed by atoms with Crippen molar-refractivity contribution in [2.24, 2.45) is 17.7 Å². The number of likely N-dealkylation sites (tertiary alicyclic amines) is 1. The van der Waals surface area contributed by atoms with Gasteiger partial charge in [-0.25, -0.2) is 0 Å². The van der Waals surface area contributed by atoms with Crippen LogP contribution in [-0.2, 0) is 0 Å². The zero-order chi connectivity index (χ0) is 15.4. The van der Waals surface area contributed by atoms with Crippen LogP contribution in [0, 0.1) is 18.8 Å². The minimum atomic E-state index is 0.0901. The summed E-state index contributed by atoms with van der Waals surface area (Å²) in [5, 5.41) is 0. The highest BCUT2D eigenvalue weighted by molar-refractivity contribution is 5.99. The van der Waals surface area contributed by atoms with Crippen LogP contribution in [0.25, 0.3) is 0 Å². The number of hydrogen-bond donors (Lipinski definition) is 2. The Bertz CT molecular complexity index is 499. The Morgan fingerprint density at radius 3 is 2.76 bits per heavy atom. The van der Waals surface area contributed by atoms with Gasteiger partial charge in [0.05, 0.1) is 11.3 Å². The molecule has 1 unspecified atom stereocenters. The van der Waals surface area contributed by atoms with Crippen LogP contribution in [0.15, 0.2) is 18.2 Å². The lowest BCUT2D eigenvalue weighted by Gasteiger charge is -2.23. The van der Waals surface area contributed by atoms with E-state index in [9.17, 15) is 4.79 Å². The van der Waals surface area contributed by atoms with E-state index in [-0.39, 0.29) is 5.91 Å². The Morgan fingerprint density at radius 1 is 1.33 bits per heavy atom. The number of nitrogen functional groups attached to an aromatic ring is 1. The normalized spacial score (nSPS) is 19.5. The number of carbonyl (C=O) groups excluding carboxylic acids is 1. The molecule has 1 amide bonds. The summed E-state index contributed by atoms with van der Waals surface area (Å²) in [7, 11) is 0. The van der Waals surface area contributed by atoms with Crippen LogP contribution in [0.5, 0.6) is 0 Å². The molecular weight excluding hydrogens is 262 g/mol. The maximum Gasteiger partial charge on any atom is 0.256 e. The molecule has 1 aromatic rings. The Hall–Kier alpha value is -1.55. The van der Waals surface area contributed by atoms with Crippen molar-refractivity contribution in [3.8, 4) is 0 Å². The smallest absolute Gasteiger partial charge is 0.256 e. The number of hydrogen-bond acceptors (Lipinski definition) is 3. The maximum atomic E-state index is 12.8.